The monoisotopic (exact) mass is 386 g/mol. The van der Waals surface area contributed by atoms with Crippen LogP contribution in [0, 0.1) is 6.92 Å². The number of halogens is 3. The van der Waals surface area contributed by atoms with Gasteiger partial charge < -0.3 is 5.32 Å². The number of benzene rings is 2. The summed E-state index contributed by atoms with van der Waals surface area (Å²) < 4.78 is 63.2. The topological polar surface area (TPSA) is 66.5 Å². The van der Waals surface area contributed by atoms with Crippen molar-refractivity contribution in [3.63, 3.8) is 0 Å². The van der Waals surface area contributed by atoms with E-state index in [2.05, 4.69) is 5.32 Å². The van der Waals surface area contributed by atoms with Gasteiger partial charge in [0.15, 0.2) is 0 Å². The Morgan fingerprint density at radius 3 is 2.12 bits per heavy atom. The molecule has 5 nitrogen and oxygen atoms in total. The third kappa shape index (κ3) is 4.23. The van der Waals surface area contributed by atoms with E-state index in [0.29, 0.717) is 5.56 Å². The number of sulfonamides is 1. The Morgan fingerprint density at radius 2 is 1.62 bits per heavy atom. The van der Waals surface area contributed by atoms with E-state index in [-0.39, 0.29) is 16.1 Å². The van der Waals surface area contributed by atoms with Crippen molar-refractivity contribution in [1.29, 1.82) is 0 Å². The fraction of sp³-hybridized carbons (Fsp3) is 0.235. The van der Waals surface area contributed by atoms with Gasteiger partial charge in [0.25, 0.3) is 5.91 Å². The molecule has 0 saturated heterocycles. The molecule has 0 aromatic heterocycles. The number of hydrogen-bond acceptors (Lipinski definition) is 3. The van der Waals surface area contributed by atoms with Gasteiger partial charge in [0.1, 0.15) is 0 Å². The quantitative estimate of drug-likeness (QED) is 0.874. The maximum atomic E-state index is 12.6. The van der Waals surface area contributed by atoms with Crippen molar-refractivity contribution in [3.05, 3.63) is 59.2 Å². The lowest BCUT2D eigenvalue weighted by atomic mass is 10.1. The Labute approximate surface area is 149 Å². The highest BCUT2D eigenvalue weighted by atomic mass is 32.2. The normalized spacial score (nSPS) is 12.3. The average Bonchev–Trinajstić information content (AvgIpc) is 2.55. The fourth-order valence-electron chi connectivity index (χ4n) is 2.11. The highest BCUT2D eigenvalue weighted by Crippen LogP contribution is 2.29. The summed E-state index contributed by atoms with van der Waals surface area (Å²) in [4.78, 5) is 12.3. The molecule has 0 aliphatic rings. The minimum Gasteiger partial charge on any atom is -0.322 e. The number of carbonyl (C=O) groups excluding carboxylic acids is 1. The second kappa shape index (κ2) is 7.08. The second-order valence-corrected chi connectivity index (χ2v) is 7.95. The Bertz CT molecular complexity index is 921. The van der Waals surface area contributed by atoms with E-state index in [0.717, 1.165) is 28.6 Å². The van der Waals surface area contributed by atoms with Gasteiger partial charge in [-0.25, -0.2) is 12.7 Å². The van der Waals surface area contributed by atoms with Crippen LogP contribution >= 0.6 is 0 Å². The van der Waals surface area contributed by atoms with Crippen LogP contribution in [-0.4, -0.2) is 32.7 Å². The summed E-state index contributed by atoms with van der Waals surface area (Å²) in [5.41, 5.74) is 0.0448. The van der Waals surface area contributed by atoms with E-state index in [4.69, 9.17) is 0 Å². The first-order valence-corrected chi connectivity index (χ1v) is 8.88. The summed E-state index contributed by atoms with van der Waals surface area (Å²) in [6, 6.07) is 8.02. The molecule has 0 aliphatic heterocycles. The molecule has 0 spiro atoms. The number of anilines is 1. The van der Waals surface area contributed by atoms with Gasteiger partial charge in [-0.1, -0.05) is 6.07 Å². The van der Waals surface area contributed by atoms with Crippen molar-refractivity contribution in [2.24, 2.45) is 0 Å². The van der Waals surface area contributed by atoms with Crippen molar-refractivity contribution in [1.82, 2.24) is 4.31 Å². The van der Waals surface area contributed by atoms with Crippen LogP contribution in [0.5, 0.6) is 0 Å². The molecule has 2 aromatic carbocycles. The Balaban J connectivity index is 2.29. The van der Waals surface area contributed by atoms with Crippen LogP contribution in [0.25, 0.3) is 0 Å². The molecule has 0 saturated carbocycles. The molecule has 140 valence electrons. The average molecular weight is 386 g/mol. The molecule has 0 radical (unpaired) electrons. The summed E-state index contributed by atoms with van der Waals surface area (Å²) in [6.45, 7) is 1.68. The lowest BCUT2D eigenvalue weighted by Crippen LogP contribution is -2.22. The van der Waals surface area contributed by atoms with Crippen molar-refractivity contribution in [2.75, 3.05) is 19.4 Å². The van der Waals surface area contributed by atoms with Crippen LogP contribution in [0.15, 0.2) is 47.4 Å². The van der Waals surface area contributed by atoms with E-state index < -0.39 is 27.7 Å². The molecule has 2 aromatic rings. The van der Waals surface area contributed by atoms with Gasteiger partial charge in [-0.05, 0) is 48.9 Å². The first-order chi connectivity index (χ1) is 11.9. The van der Waals surface area contributed by atoms with E-state index in [1.165, 1.54) is 26.2 Å². The number of nitrogens with one attached hydrogen (secondary N) is 1. The van der Waals surface area contributed by atoms with Gasteiger partial charge in [-0.2, -0.15) is 13.2 Å². The lowest BCUT2D eigenvalue weighted by molar-refractivity contribution is -0.137. The minimum atomic E-state index is -4.49. The number of hydrogen-bond donors (Lipinski definition) is 1. The maximum Gasteiger partial charge on any atom is 0.416 e. The smallest absolute Gasteiger partial charge is 0.322 e. The van der Waals surface area contributed by atoms with Crippen molar-refractivity contribution >= 4 is 21.6 Å². The fourth-order valence-corrected chi connectivity index (χ4v) is 3.04. The van der Waals surface area contributed by atoms with Gasteiger partial charge in [0.2, 0.25) is 10.0 Å². The summed E-state index contributed by atoms with van der Waals surface area (Å²) in [6.07, 6.45) is -4.49. The minimum absolute atomic E-state index is 0.00387. The van der Waals surface area contributed by atoms with Crippen molar-refractivity contribution < 1.29 is 26.4 Å². The van der Waals surface area contributed by atoms with Gasteiger partial charge in [-0.3, -0.25) is 4.79 Å². The highest BCUT2D eigenvalue weighted by molar-refractivity contribution is 7.89. The molecule has 0 unspecified atom stereocenters. The lowest BCUT2D eigenvalue weighted by Gasteiger charge is -2.14. The molecular weight excluding hydrogens is 369 g/mol. The molecule has 0 fully saturated rings. The molecule has 2 rings (SSSR count). The molecule has 0 bridgehead atoms. The predicted molar refractivity (Wildman–Crippen MR) is 91.4 cm³/mol. The van der Waals surface area contributed by atoms with E-state index in [1.807, 2.05) is 0 Å². The standard InChI is InChI=1S/C17H17F3N2O3S/c1-11-4-9-14(26(24,25)22(2)3)10-15(11)21-16(23)12-5-7-13(8-6-12)17(18,19)20/h4-10H,1-3H3,(H,21,23). The summed E-state index contributed by atoms with van der Waals surface area (Å²) >= 11 is 0. The Kier molecular flexibility index (Phi) is 5.43. The number of rotatable bonds is 4. The first kappa shape index (κ1) is 19.9. The zero-order chi connectivity index (χ0) is 19.7. The second-order valence-electron chi connectivity index (χ2n) is 5.79. The Hall–Kier alpha value is -2.39. The molecule has 9 heteroatoms. The van der Waals surface area contributed by atoms with Crippen LogP contribution in [0.3, 0.4) is 0 Å². The highest BCUT2D eigenvalue weighted by Gasteiger charge is 2.30. The van der Waals surface area contributed by atoms with Crippen LogP contribution in [0.2, 0.25) is 0 Å². The third-order valence-corrected chi connectivity index (χ3v) is 5.52. The number of alkyl halides is 3. The van der Waals surface area contributed by atoms with Crippen LogP contribution < -0.4 is 5.32 Å². The van der Waals surface area contributed by atoms with Gasteiger partial charge in [0.05, 0.1) is 10.5 Å². The van der Waals surface area contributed by atoms with E-state index in [1.54, 1.807) is 13.0 Å². The third-order valence-electron chi connectivity index (χ3n) is 3.71. The van der Waals surface area contributed by atoms with Crippen LogP contribution in [0.1, 0.15) is 21.5 Å². The summed E-state index contributed by atoms with van der Waals surface area (Å²) in [5, 5.41) is 2.53. The molecule has 1 N–H and O–H groups in total. The molecule has 0 aliphatic carbocycles. The largest absolute Gasteiger partial charge is 0.416 e. The molecule has 0 heterocycles. The molecular formula is C17H17F3N2O3S. The van der Waals surface area contributed by atoms with Gasteiger partial charge in [-0.15, -0.1) is 0 Å². The molecule has 26 heavy (non-hydrogen) atoms. The SMILES string of the molecule is Cc1ccc(S(=O)(=O)N(C)C)cc1NC(=O)c1ccc(C(F)(F)F)cc1. The summed E-state index contributed by atoms with van der Waals surface area (Å²) in [7, 11) is -0.912. The number of amides is 1. The van der Waals surface area contributed by atoms with E-state index in [9.17, 15) is 26.4 Å². The number of nitrogens with zero attached hydrogens (tertiary/aromatic N) is 1. The van der Waals surface area contributed by atoms with Crippen LogP contribution in [-0.2, 0) is 16.2 Å². The van der Waals surface area contributed by atoms with Gasteiger partial charge in [0, 0.05) is 25.3 Å². The molecule has 0 atom stereocenters. The van der Waals surface area contributed by atoms with E-state index >= 15 is 0 Å². The van der Waals surface area contributed by atoms with Crippen molar-refractivity contribution in [3.8, 4) is 0 Å². The van der Waals surface area contributed by atoms with Gasteiger partial charge >= 0.3 is 6.18 Å². The number of carbonyl (C=O) groups is 1. The Morgan fingerprint density at radius 1 is 1.04 bits per heavy atom. The zero-order valence-electron chi connectivity index (χ0n) is 14.3. The zero-order valence-corrected chi connectivity index (χ0v) is 15.1. The maximum absolute atomic E-state index is 12.6. The van der Waals surface area contributed by atoms with Crippen LogP contribution in [0.4, 0.5) is 18.9 Å². The number of aryl methyl sites for hydroxylation is 1. The van der Waals surface area contributed by atoms with Crippen molar-refractivity contribution in [2.45, 2.75) is 18.0 Å². The predicted octanol–water partition coefficient (Wildman–Crippen LogP) is 3.52. The first-order valence-electron chi connectivity index (χ1n) is 7.44. The molecule has 1 amide bonds. The summed E-state index contributed by atoms with van der Waals surface area (Å²) in [5.74, 6) is -0.638.